The monoisotopic (exact) mass is 398 g/mol. The molecule has 0 unspecified atom stereocenters. The lowest BCUT2D eigenvalue weighted by molar-refractivity contribution is 0.0264. The van der Waals surface area contributed by atoms with Gasteiger partial charge in [0.2, 0.25) is 0 Å². The number of aliphatic hydroxyl groups excluding tert-OH is 1. The van der Waals surface area contributed by atoms with E-state index in [0.717, 1.165) is 44.0 Å². The number of hydrogen-bond acceptors (Lipinski definition) is 4. The van der Waals surface area contributed by atoms with Crippen LogP contribution in [0.25, 0.3) is 11.1 Å². The van der Waals surface area contributed by atoms with Gasteiger partial charge in [-0.25, -0.2) is 4.39 Å². The maximum Gasteiger partial charge on any atom is 0.253 e. The van der Waals surface area contributed by atoms with E-state index in [-0.39, 0.29) is 30.2 Å². The summed E-state index contributed by atoms with van der Waals surface area (Å²) in [4.78, 5) is 17.2. The van der Waals surface area contributed by atoms with Gasteiger partial charge in [-0.3, -0.25) is 9.69 Å². The highest BCUT2D eigenvalue weighted by Gasteiger charge is 2.36. The molecular formula is C23H27FN2O3. The van der Waals surface area contributed by atoms with Crippen molar-refractivity contribution in [3.63, 3.8) is 0 Å². The fraction of sp³-hybridized carbons (Fsp3) is 0.435. The molecule has 0 aromatic heterocycles. The van der Waals surface area contributed by atoms with E-state index in [1.165, 1.54) is 12.1 Å². The van der Waals surface area contributed by atoms with E-state index in [2.05, 4.69) is 4.90 Å². The molecule has 2 heterocycles. The van der Waals surface area contributed by atoms with E-state index in [1.54, 1.807) is 12.1 Å². The van der Waals surface area contributed by atoms with Gasteiger partial charge in [0.25, 0.3) is 5.91 Å². The van der Waals surface area contributed by atoms with E-state index in [4.69, 9.17) is 4.74 Å². The Labute approximate surface area is 170 Å². The first-order valence-electron chi connectivity index (χ1n) is 10.2. The predicted molar refractivity (Wildman–Crippen MR) is 109 cm³/mol. The molecule has 2 aliphatic rings. The molecule has 1 N–H and O–H groups in total. The van der Waals surface area contributed by atoms with Crippen LogP contribution in [0.3, 0.4) is 0 Å². The Morgan fingerprint density at radius 2 is 1.55 bits per heavy atom. The largest absolute Gasteiger partial charge is 0.396 e. The highest BCUT2D eigenvalue weighted by molar-refractivity contribution is 5.95. The van der Waals surface area contributed by atoms with Crippen molar-refractivity contribution in [2.24, 2.45) is 11.8 Å². The van der Waals surface area contributed by atoms with Gasteiger partial charge in [-0.2, -0.15) is 0 Å². The summed E-state index contributed by atoms with van der Waals surface area (Å²) in [6.07, 6.45) is 0. The van der Waals surface area contributed by atoms with Crippen LogP contribution in [-0.4, -0.2) is 73.4 Å². The minimum atomic E-state index is -0.264. The van der Waals surface area contributed by atoms with Crippen LogP contribution >= 0.6 is 0 Å². The summed E-state index contributed by atoms with van der Waals surface area (Å²) in [5.41, 5.74) is 2.50. The Hall–Kier alpha value is -2.28. The Kier molecular flexibility index (Phi) is 6.23. The van der Waals surface area contributed by atoms with Gasteiger partial charge in [-0.15, -0.1) is 0 Å². The first-order chi connectivity index (χ1) is 14.1. The zero-order valence-corrected chi connectivity index (χ0v) is 16.5. The summed E-state index contributed by atoms with van der Waals surface area (Å²) >= 11 is 0. The summed E-state index contributed by atoms with van der Waals surface area (Å²) in [6.45, 7) is 5.56. The van der Waals surface area contributed by atoms with Crippen LogP contribution < -0.4 is 0 Å². The summed E-state index contributed by atoms with van der Waals surface area (Å²) in [5, 5.41) is 9.81. The van der Waals surface area contributed by atoms with Crippen LogP contribution in [-0.2, 0) is 4.74 Å². The van der Waals surface area contributed by atoms with Gasteiger partial charge in [0.1, 0.15) is 5.82 Å². The van der Waals surface area contributed by atoms with Crippen molar-refractivity contribution < 1.29 is 19.0 Å². The molecule has 154 valence electrons. The van der Waals surface area contributed by atoms with Crippen molar-refractivity contribution in [2.45, 2.75) is 0 Å². The molecule has 2 atom stereocenters. The van der Waals surface area contributed by atoms with Crippen LogP contribution in [0.2, 0.25) is 0 Å². The zero-order valence-electron chi connectivity index (χ0n) is 16.5. The Morgan fingerprint density at radius 1 is 0.966 bits per heavy atom. The molecule has 5 nitrogen and oxygen atoms in total. The molecule has 2 saturated heterocycles. The second kappa shape index (κ2) is 9.03. The fourth-order valence-corrected chi connectivity index (χ4v) is 4.26. The molecule has 29 heavy (non-hydrogen) atoms. The van der Waals surface area contributed by atoms with Crippen molar-refractivity contribution in [3.05, 3.63) is 59.9 Å². The highest BCUT2D eigenvalue weighted by atomic mass is 19.1. The number of rotatable bonds is 5. The van der Waals surface area contributed by atoms with Gasteiger partial charge >= 0.3 is 0 Å². The maximum atomic E-state index is 13.1. The van der Waals surface area contributed by atoms with Crippen molar-refractivity contribution >= 4 is 5.91 Å². The molecule has 0 saturated carbocycles. The number of carbonyl (C=O) groups is 1. The molecule has 0 spiro atoms. The van der Waals surface area contributed by atoms with Crippen LogP contribution in [0.4, 0.5) is 4.39 Å². The zero-order chi connectivity index (χ0) is 20.2. The average Bonchev–Trinajstić information content (AvgIpc) is 3.17. The second-order valence-corrected chi connectivity index (χ2v) is 7.91. The molecule has 0 aliphatic carbocycles. The van der Waals surface area contributed by atoms with Crippen molar-refractivity contribution in [3.8, 4) is 11.1 Å². The smallest absolute Gasteiger partial charge is 0.253 e. The predicted octanol–water partition coefficient (Wildman–Crippen LogP) is 2.51. The van der Waals surface area contributed by atoms with E-state index in [0.29, 0.717) is 18.7 Å². The van der Waals surface area contributed by atoms with Crippen LogP contribution in [0.15, 0.2) is 48.5 Å². The lowest BCUT2D eigenvalue weighted by atomic mass is 9.96. The van der Waals surface area contributed by atoms with Gasteiger partial charge in [0.15, 0.2) is 0 Å². The number of ether oxygens (including phenoxy) is 1. The molecule has 0 radical (unpaired) electrons. The molecular weight excluding hydrogens is 371 g/mol. The third kappa shape index (κ3) is 4.66. The number of hydrogen-bond donors (Lipinski definition) is 1. The molecule has 4 rings (SSSR count). The van der Waals surface area contributed by atoms with Gasteiger partial charge in [0, 0.05) is 50.8 Å². The highest BCUT2D eigenvalue weighted by Crippen LogP contribution is 2.27. The van der Waals surface area contributed by atoms with Crippen molar-refractivity contribution in [2.75, 3.05) is 52.5 Å². The first kappa shape index (κ1) is 20.0. The number of benzene rings is 2. The van der Waals surface area contributed by atoms with Crippen LogP contribution in [0.1, 0.15) is 10.4 Å². The van der Waals surface area contributed by atoms with Crippen molar-refractivity contribution in [1.29, 1.82) is 0 Å². The van der Waals surface area contributed by atoms with E-state index in [9.17, 15) is 14.3 Å². The Balaban J connectivity index is 1.41. The summed E-state index contributed by atoms with van der Waals surface area (Å²) in [7, 11) is 0. The topological polar surface area (TPSA) is 53.0 Å². The first-order valence-corrected chi connectivity index (χ1v) is 10.2. The SMILES string of the molecule is O=C(c1ccc(-c2ccc(F)cc2)cc1)N1C[C@@H](CO)[C@@H](CN2CCOCC2)C1. The number of likely N-dealkylation sites (tertiary alicyclic amines) is 1. The minimum absolute atomic E-state index is 0.00131. The van der Waals surface area contributed by atoms with Gasteiger partial charge < -0.3 is 14.7 Å². The summed E-state index contributed by atoms with van der Waals surface area (Å²) < 4.78 is 18.5. The Bertz CT molecular complexity index is 819. The molecule has 2 aromatic carbocycles. The number of nitrogens with zero attached hydrogens (tertiary/aromatic N) is 2. The van der Waals surface area contributed by atoms with Crippen molar-refractivity contribution in [1.82, 2.24) is 9.80 Å². The fourth-order valence-electron chi connectivity index (χ4n) is 4.26. The number of amides is 1. The quantitative estimate of drug-likeness (QED) is 0.841. The van der Waals surface area contributed by atoms with Gasteiger partial charge in [-0.1, -0.05) is 24.3 Å². The molecule has 2 aromatic rings. The molecule has 0 bridgehead atoms. The second-order valence-electron chi connectivity index (χ2n) is 7.91. The summed E-state index contributed by atoms with van der Waals surface area (Å²) in [5.74, 6) is 0.124. The minimum Gasteiger partial charge on any atom is -0.396 e. The maximum absolute atomic E-state index is 13.1. The Morgan fingerprint density at radius 3 is 2.17 bits per heavy atom. The number of carbonyl (C=O) groups excluding carboxylic acids is 1. The summed E-state index contributed by atoms with van der Waals surface area (Å²) in [6, 6.07) is 13.8. The van der Waals surface area contributed by atoms with Crippen LogP contribution in [0, 0.1) is 17.7 Å². The van der Waals surface area contributed by atoms with Crippen LogP contribution in [0.5, 0.6) is 0 Å². The molecule has 2 aliphatic heterocycles. The number of aliphatic hydroxyl groups is 1. The normalized spacial score (nSPS) is 22.8. The molecule has 6 heteroatoms. The molecule has 1 amide bonds. The standard InChI is InChI=1S/C23H27FN2O3/c24-22-7-5-18(6-8-22)17-1-3-19(4-2-17)23(28)26-14-20(21(15-26)16-27)13-25-9-11-29-12-10-25/h1-8,20-21,27H,9-16H2/t20-,21-/m0/s1. The number of halogens is 1. The average molecular weight is 398 g/mol. The van der Waals surface area contributed by atoms with E-state index >= 15 is 0 Å². The van der Waals surface area contributed by atoms with E-state index < -0.39 is 0 Å². The third-order valence-corrected chi connectivity index (χ3v) is 6.00. The molecule has 2 fully saturated rings. The van der Waals surface area contributed by atoms with E-state index in [1.807, 2.05) is 29.2 Å². The van der Waals surface area contributed by atoms with Gasteiger partial charge in [-0.05, 0) is 41.3 Å². The van der Waals surface area contributed by atoms with Gasteiger partial charge in [0.05, 0.1) is 13.2 Å². The third-order valence-electron chi connectivity index (χ3n) is 6.00. The lowest BCUT2D eigenvalue weighted by Crippen LogP contribution is -2.41. The number of morpholine rings is 1. The lowest BCUT2D eigenvalue weighted by Gasteiger charge is -2.30.